The predicted molar refractivity (Wildman–Crippen MR) is 114 cm³/mol. The Labute approximate surface area is 172 Å². The average molecular weight is 396 g/mol. The fourth-order valence-electron chi connectivity index (χ4n) is 3.46. The molecule has 0 bridgehead atoms. The van der Waals surface area contributed by atoms with Gasteiger partial charge in [0.25, 0.3) is 5.91 Å². The molecule has 1 heterocycles. The Morgan fingerprint density at radius 2 is 1.62 bits per heavy atom. The van der Waals surface area contributed by atoms with Gasteiger partial charge in [0.2, 0.25) is 5.91 Å². The Balaban J connectivity index is 1.54. The van der Waals surface area contributed by atoms with Crippen LogP contribution < -0.4 is 10.1 Å². The van der Waals surface area contributed by atoms with E-state index in [4.69, 9.17) is 4.74 Å². The van der Waals surface area contributed by atoms with E-state index in [-0.39, 0.29) is 17.9 Å². The highest BCUT2D eigenvalue weighted by atomic mass is 16.5. The van der Waals surface area contributed by atoms with Crippen molar-refractivity contribution < 1.29 is 14.3 Å². The maximum Gasteiger partial charge on any atom is 0.253 e. The molecule has 2 aromatic carbocycles. The minimum absolute atomic E-state index is 0.0135. The number of hydrogen-bond donors (Lipinski definition) is 1. The van der Waals surface area contributed by atoms with Crippen molar-refractivity contribution in [2.24, 2.45) is 0 Å². The van der Waals surface area contributed by atoms with Crippen LogP contribution in [-0.4, -0.2) is 60.9 Å². The predicted octanol–water partition coefficient (Wildman–Crippen LogP) is 3.10. The van der Waals surface area contributed by atoms with Crippen molar-refractivity contribution in [3.8, 4) is 5.75 Å². The number of aryl methyl sites for hydroxylation is 2. The van der Waals surface area contributed by atoms with Gasteiger partial charge in [-0.1, -0.05) is 6.07 Å². The summed E-state index contributed by atoms with van der Waals surface area (Å²) >= 11 is 0. The molecule has 6 nitrogen and oxygen atoms in total. The number of benzene rings is 2. The Kier molecular flexibility index (Phi) is 6.54. The number of methoxy groups -OCH3 is 1. The van der Waals surface area contributed by atoms with Crippen LogP contribution in [0.25, 0.3) is 0 Å². The van der Waals surface area contributed by atoms with Crippen LogP contribution in [0.3, 0.4) is 0 Å². The topological polar surface area (TPSA) is 61.9 Å². The lowest BCUT2D eigenvalue weighted by molar-refractivity contribution is -0.121. The number of carbonyl (C=O) groups excluding carboxylic acids is 2. The zero-order valence-corrected chi connectivity index (χ0v) is 17.6. The minimum Gasteiger partial charge on any atom is -0.497 e. The van der Waals surface area contributed by atoms with Gasteiger partial charge in [-0.2, -0.15) is 0 Å². The average Bonchev–Trinajstić information content (AvgIpc) is 2.75. The molecule has 0 aromatic heterocycles. The lowest BCUT2D eigenvalue weighted by atomic mass is 10.1. The van der Waals surface area contributed by atoms with Crippen LogP contribution >= 0.6 is 0 Å². The molecule has 2 aromatic rings. The van der Waals surface area contributed by atoms with E-state index in [1.165, 1.54) is 5.56 Å². The van der Waals surface area contributed by atoms with E-state index in [2.05, 4.69) is 17.1 Å². The molecule has 1 unspecified atom stereocenters. The van der Waals surface area contributed by atoms with Crippen molar-refractivity contribution in [1.82, 2.24) is 9.80 Å². The molecule has 1 fully saturated rings. The molecule has 1 saturated heterocycles. The summed E-state index contributed by atoms with van der Waals surface area (Å²) < 4.78 is 5.14. The van der Waals surface area contributed by atoms with Crippen molar-refractivity contribution >= 4 is 17.5 Å². The zero-order valence-electron chi connectivity index (χ0n) is 17.6. The molecular weight excluding hydrogens is 366 g/mol. The summed E-state index contributed by atoms with van der Waals surface area (Å²) in [5, 5.41) is 3.00. The summed E-state index contributed by atoms with van der Waals surface area (Å²) in [7, 11) is 1.60. The van der Waals surface area contributed by atoms with Gasteiger partial charge in [-0.3, -0.25) is 14.5 Å². The highest BCUT2D eigenvalue weighted by Gasteiger charge is 2.28. The Bertz CT molecular complexity index is 871. The summed E-state index contributed by atoms with van der Waals surface area (Å²) in [5.74, 6) is 0.720. The van der Waals surface area contributed by atoms with Gasteiger partial charge in [0.05, 0.1) is 13.2 Å². The molecule has 1 aliphatic heterocycles. The molecule has 1 atom stereocenters. The molecule has 0 saturated carbocycles. The van der Waals surface area contributed by atoms with Gasteiger partial charge < -0.3 is 15.0 Å². The molecular formula is C23H29N3O3. The number of piperazine rings is 1. The van der Waals surface area contributed by atoms with E-state index in [0.29, 0.717) is 31.7 Å². The maximum atomic E-state index is 12.7. The lowest BCUT2D eigenvalue weighted by Gasteiger charge is -2.37. The molecule has 1 N–H and O–H groups in total. The quantitative estimate of drug-likeness (QED) is 0.845. The monoisotopic (exact) mass is 395 g/mol. The SMILES string of the molecule is COc1ccc(C(=O)N2CCN(C(C)C(=O)Nc3ccc(C)c(C)c3)CC2)cc1. The number of carbonyl (C=O) groups is 2. The Morgan fingerprint density at radius 3 is 2.21 bits per heavy atom. The van der Waals surface area contributed by atoms with Crippen LogP contribution in [0.15, 0.2) is 42.5 Å². The molecule has 1 aliphatic rings. The molecule has 6 heteroatoms. The van der Waals surface area contributed by atoms with Crippen molar-refractivity contribution in [1.29, 1.82) is 0 Å². The number of rotatable bonds is 5. The van der Waals surface area contributed by atoms with Crippen molar-refractivity contribution in [2.75, 3.05) is 38.6 Å². The number of nitrogens with zero attached hydrogens (tertiary/aromatic N) is 2. The summed E-state index contributed by atoms with van der Waals surface area (Å²) in [5.41, 5.74) is 3.83. The number of anilines is 1. The fraction of sp³-hybridized carbons (Fsp3) is 0.391. The largest absolute Gasteiger partial charge is 0.497 e. The highest BCUT2D eigenvalue weighted by Crippen LogP contribution is 2.17. The Morgan fingerprint density at radius 1 is 0.966 bits per heavy atom. The standard InChI is InChI=1S/C23H29N3O3/c1-16-5-8-20(15-17(16)2)24-22(27)18(3)25-11-13-26(14-12-25)23(28)19-6-9-21(29-4)10-7-19/h5-10,15,18H,11-14H2,1-4H3,(H,24,27). The summed E-state index contributed by atoms with van der Waals surface area (Å²) in [4.78, 5) is 29.3. The van der Waals surface area contributed by atoms with E-state index in [0.717, 1.165) is 17.0 Å². The van der Waals surface area contributed by atoms with Gasteiger partial charge in [0, 0.05) is 37.4 Å². The first-order chi connectivity index (χ1) is 13.9. The van der Waals surface area contributed by atoms with Gasteiger partial charge >= 0.3 is 0 Å². The first kappa shape index (κ1) is 20.9. The minimum atomic E-state index is -0.255. The van der Waals surface area contributed by atoms with Crippen molar-refractivity contribution in [3.63, 3.8) is 0 Å². The third-order valence-electron chi connectivity index (χ3n) is 5.64. The third-order valence-corrected chi connectivity index (χ3v) is 5.64. The molecule has 0 spiro atoms. The second kappa shape index (κ2) is 9.09. The molecule has 29 heavy (non-hydrogen) atoms. The van der Waals surface area contributed by atoms with Gasteiger partial charge in [0.15, 0.2) is 0 Å². The van der Waals surface area contributed by atoms with Gasteiger partial charge in [-0.25, -0.2) is 0 Å². The van der Waals surface area contributed by atoms with E-state index >= 15 is 0 Å². The molecule has 3 rings (SSSR count). The molecule has 154 valence electrons. The highest BCUT2D eigenvalue weighted by molar-refractivity contribution is 5.95. The smallest absolute Gasteiger partial charge is 0.253 e. The summed E-state index contributed by atoms with van der Waals surface area (Å²) in [6, 6.07) is 12.8. The lowest BCUT2D eigenvalue weighted by Crippen LogP contribution is -2.54. The molecule has 2 amide bonds. The number of hydrogen-bond acceptors (Lipinski definition) is 4. The van der Waals surface area contributed by atoms with Crippen LogP contribution in [0.4, 0.5) is 5.69 Å². The second-order valence-corrected chi connectivity index (χ2v) is 7.52. The first-order valence-corrected chi connectivity index (χ1v) is 9.94. The first-order valence-electron chi connectivity index (χ1n) is 9.94. The number of ether oxygens (including phenoxy) is 1. The van der Waals surface area contributed by atoms with Crippen LogP contribution in [0.1, 0.15) is 28.4 Å². The fourth-order valence-corrected chi connectivity index (χ4v) is 3.46. The van der Waals surface area contributed by atoms with E-state index in [9.17, 15) is 9.59 Å². The van der Waals surface area contributed by atoms with Crippen molar-refractivity contribution in [3.05, 3.63) is 59.2 Å². The van der Waals surface area contributed by atoms with E-state index in [1.807, 2.05) is 36.9 Å². The van der Waals surface area contributed by atoms with Crippen LogP contribution in [0.2, 0.25) is 0 Å². The van der Waals surface area contributed by atoms with E-state index in [1.54, 1.807) is 31.4 Å². The summed E-state index contributed by atoms with van der Waals surface area (Å²) in [6.07, 6.45) is 0. The second-order valence-electron chi connectivity index (χ2n) is 7.52. The van der Waals surface area contributed by atoms with Crippen molar-refractivity contribution in [2.45, 2.75) is 26.8 Å². The Hall–Kier alpha value is -2.86. The van der Waals surface area contributed by atoms with Crippen LogP contribution in [0.5, 0.6) is 5.75 Å². The van der Waals surface area contributed by atoms with Gasteiger partial charge in [-0.05, 0) is 68.3 Å². The number of nitrogens with one attached hydrogen (secondary N) is 1. The maximum absolute atomic E-state index is 12.7. The van der Waals surface area contributed by atoms with E-state index < -0.39 is 0 Å². The molecule has 0 aliphatic carbocycles. The van der Waals surface area contributed by atoms with Crippen LogP contribution in [0, 0.1) is 13.8 Å². The normalized spacial score (nSPS) is 15.7. The number of amides is 2. The molecule has 0 radical (unpaired) electrons. The van der Waals surface area contributed by atoms with Gasteiger partial charge in [0.1, 0.15) is 5.75 Å². The third kappa shape index (κ3) is 4.95. The summed E-state index contributed by atoms with van der Waals surface area (Å²) in [6.45, 7) is 8.55. The van der Waals surface area contributed by atoms with Crippen LogP contribution in [-0.2, 0) is 4.79 Å². The van der Waals surface area contributed by atoms with Gasteiger partial charge in [-0.15, -0.1) is 0 Å². The zero-order chi connectivity index (χ0) is 21.0.